The van der Waals surface area contributed by atoms with E-state index in [-0.39, 0.29) is 11.5 Å². The molecule has 1 aliphatic heterocycles. The van der Waals surface area contributed by atoms with Gasteiger partial charge in [0.25, 0.3) is 5.91 Å². The molecule has 2 aromatic rings. The summed E-state index contributed by atoms with van der Waals surface area (Å²) in [6.07, 6.45) is 1.70. The van der Waals surface area contributed by atoms with Gasteiger partial charge in [-0.25, -0.2) is 0 Å². The SMILES string of the molecule is Cc1ccccc1N1C(=O)/C(=C\c2ccc(C(=O)[O-])cc2)SC1=S. The number of anilines is 1. The highest BCUT2D eigenvalue weighted by molar-refractivity contribution is 8.27. The molecule has 1 aliphatic rings. The van der Waals surface area contributed by atoms with Gasteiger partial charge in [-0.1, -0.05) is 66.4 Å². The molecular formula is C18H12NO3S2-. The third kappa shape index (κ3) is 3.11. The maximum atomic E-state index is 12.7. The highest BCUT2D eigenvalue weighted by Crippen LogP contribution is 2.37. The lowest BCUT2D eigenvalue weighted by atomic mass is 10.1. The molecule has 0 radical (unpaired) electrons. The number of thioether (sulfide) groups is 1. The Balaban J connectivity index is 1.91. The van der Waals surface area contributed by atoms with Crippen molar-refractivity contribution in [3.05, 3.63) is 70.1 Å². The first kappa shape index (κ1) is 16.4. The summed E-state index contributed by atoms with van der Waals surface area (Å²) in [4.78, 5) is 25.5. The van der Waals surface area contributed by atoms with E-state index in [0.29, 0.717) is 9.23 Å². The van der Waals surface area contributed by atoms with E-state index < -0.39 is 5.97 Å². The van der Waals surface area contributed by atoms with Crippen LogP contribution >= 0.6 is 24.0 Å². The second-order valence-electron chi connectivity index (χ2n) is 5.21. The van der Waals surface area contributed by atoms with Crippen molar-refractivity contribution >= 4 is 51.9 Å². The second kappa shape index (κ2) is 6.59. The molecule has 0 aliphatic carbocycles. The zero-order valence-electron chi connectivity index (χ0n) is 12.7. The van der Waals surface area contributed by atoms with Gasteiger partial charge in [0.05, 0.1) is 16.6 Å². The van der Waals surface area contributed by atoms with Crippen molar-refractivity contribution in [3.63, 3.8) is 0 Å². The van der Waals surface area contributed by atoms with E-state index >= 15 is 0 Å². The number of carbonyl (C=O) groups excluding carboxylic acids is 2. The summed E-state index contributed by atoms with van der Waals surface area (Å²) in [5.41, 5.74) is 2.56. The lowest BCUT2D eigenvalue weighted by molar-refractivity contribution is -0.255. The molecular weight excluding hydrogens is 342 g/mol. The number of thiocarbonyl (C=S) groups is 1. The van der Waals surface area contributed by atoms with Crippen molar-refractivity contribution in [2.75, 3.05) is 4.90 Å². The zero-order chi connectivity index (χ0) is 17.3. The third-order valence-corrected chi connectivity index (χ3v) is 4.90. The minimum Gasteiger partial charge on any atom is -0.545 e. The first-order valence-corrected chi connectivity index (χ1v) is 8.35. The molecule has 1 amide bonds. The summed E-state index contributed by atoms with van der Waals surface area (Å²) >= 11 is 6.58. The van der Waals surface area contributed by atoms with Crippen LogP contribution in [0.5, 0.6) is 0 Å². The molecule has 1 saturated heterocycles. The van der Waals surface area contributed by atoms with Gasteiger partial charge in [0.2, 0.25) is 0 Å². The molecule has 0 N–H and O–H groups in total. The number of aryl methyl sites for hydroxylation is 1. The molecule has 3 rings (SSSR count). The number of carbonyl (C=O) groups is 2. The van der Waals surface area contributed by atoms with Crippen LogP contribution in [0.4, 0.5) is 5.69 Å². The van der Waals surface area contributed by atoms with E-state index in [1.54, 1.807) is 18.2 Å². The number of hydrogen-bond donors (Lipinski definition) is 0. The highest BCUT2D eigenvalue weighted by Gasteiger charge is 2.33. The fraction of sp³-hybridized carbons (Fsp3) is 0.0556. The number of para-hydroxylation sites is 1. The van der Waals surface area contributed by atoms with Crippen LogP contribution in [0, 0.1) is 6.92 Å². The van der Waals surface area contributed by atoms with Crippen LogP contribution in [-0.2, 0) is 4.79 Å². The number of carboxylic acids is 1. The predicted octanol–water partition coefficient (Wildman–Crippen LogP) is 2.76. The van der Waals surface area contributed by atoms with Gasteiger partial charge >= 0.3 is 0 Å². The van der Waals surface area contributed by atoms with Gasteiger partial charge in [0.15, 0.2) is 4.32 Å². The lowest BCUT2D eigenvalue weighted by Gasteiger charge is -2.16. The van der Waals surface area contributed by atoms with Gasteiger partial charge in [-0.3, -0.25) is 9.69 Å². The van der Waals surface area contributed by atoms with Crippen LogP contribution in [0.15, 0.2) is 53.4 Å². The number of rotatable bonds is 3. The predicted molar refractivity (Wildman–Crippen MR) is 97.6 cm³/mol. The molecule has 0 spiro atoms. The molecule has 120 valence electrons. The van der Waals surface area contributed by atoms with Gasteiger partial charge < -0.3 is 9.90 Å². The number of hydrogen-bond acceptors (Lipinski definition) is 5. The van der Waals surface area contributed by atoms with Crippen LogP contribution in [0.3, 0.4) is 0 Å². The lowest BCUT2D eigenvalue weighted by Crippen LogP contribution is -2.28. The second-order valence-corrected chi connectivity index (χ2v) is 6.89. The first-order valence-electron chi connectivity index (χ1n) is 7.12. The molecule has 0 aromatic heterocycles. The van der Waals surface area contributed by atoms with E-state index in [4.69, 9.17) is 12.2 Å². The molecule has 1 heterocycles. The number of nitrogens with zero attached hydrogens (tertiary/aromatic N) is 1. The molecule has 2 aromatic carbocycles. The maximum Gasteiger partial charge on any atom is 0.270 e. The fourth-order valence-electron chi connectivity index (χ4n) is 2.36. The van der Waals surface area contributed by atoms with Crippen LogP contribution in [0.2, 0.25) is 0 Å². The van der Waals surface area contributed by atoms with E-state index in [9.17, 15) is 14.7 Å². The van der Waals surface area contributed by atoms with Crippen molar-refractivity contribution in [2.45, 2.75) is 6.92 Å². The monoisotopic (exact) mass is 354 g/mol. The van der Waals surface area contributed by atoms with Crippen LogP contribution in [0.1, 0.15) is 21.5 Å². The smallest absolute Gasteiger partial charge is 0.270 e. The summed E-state index contributed by atoms with van der Waals surface area (Å²) in [7, 11) is 0. The van der Waals surface area contributed by atoms with Crippen molar-refractivity contribution in [1.29, 1.82) is 0 Å². The molecule has 24 heavy (non-hydrogen) atoms. The Morgan fingerprint density at radius 2 is 1.83 bits per heavy atom. The molecule has 0 bridgehead atoms. The molecule has 0 saturated carbocycles. The number of aromatic carboxylic acids is 1. The Morgan fingerprint density at radius 1 is 1.17 bits per heavy atom. The summed E-state index contributed by atoms with van der Waals surface area (Å²) in [6, 6.07) is 13.7. The summed E-state index contributed by atoms with van der Waals surface area (Å²) in [6.45, 7) is 1.93. The van der Waals surface area contributed by atoms with Gasteiger partial charge in [-0.15, -0.1) is 0 Å². The maximum absolute atomic E-state index is 12.7. The van der Waals surface area contributed by atoms with Crippen molar-refractivity contribution in [1.82, 2.24) is 0 Å². The molecule has 1 fully saturated rings. The topological polar surface area (TPSA) is 60.4 Å². The minimum absolute atomic E-state index is 0.0969. The normalized spacial score (nSPS) is 16.0. The zero-order valence-corrected chi connectivity index (χ0v) is 14.3. The first-order chi connectivity index (χ1) is 11.5. The highest BCUT2D eigenvalue weighted by atomic mass is 32.2. The Morgan fingerprint density at radius 3 is 2.46 bits per heavy atom. The molecule has 6 heteroatoms. The van der Waals surface area contributed by atoms with Gasteiger partial charge in [0, 0.05) is 0 Å². The summed E-state index contributed by atoms with van der Waals surface area (Å²) in [5, 5.41) is 10.8. The van der Waals surface area contributed by atoms with Crippen LogP contribution in [0.25, 0.3) is 6.08 Å². The van der Waals surface area contributed by atoms with Crippen LogP contribution < -0.4 is 10.0 Å². The summed E-state index contributed by atoms with van der Waals surface area (Å²) < 4.78 is 0.479. The van der Waals surface area contributed by atoms with E-state index in [1.807, 2.05) is 31.2 Å². The van der Waals surface area contributed by atoms with Crippen LogP contribution in [-0.4, -0.2) is 16.2 Å². The Kier molecular flexibility index (Phi) is 4.51. The Hall–Kier alpha value is -2.44. The van der Waals surface area contributed by atoms with Gasteiger partial charge in [-0.05, 0) is 35.8 Å². The largest absolute Gasteiger partial charge is 0.545 e. The number of benzene rings is 2. The van der Waals surface area contributed by atoms with E-state index in [2.05, 4.69) is 0 Å². The average Bonchev–Trinajstić information content (AvgIpc) is 2.83. The number of amides is 1. The molecule has 0 unspecified atom stereocenters. The fourth-order valence-corrected chi connectivity index (χ4v) is 3.64. The van der Waals surface area contributed by atoms with Gasteiger partial charge in [0.1, 0.15) is 0 Å². The number of carboxylic acid groups (broad SMARTS) is 1. The Labute approximate surface area is 148 Å². The Bertz CT molecular complexity index is 872. The standard InChI is InChI=1S/C18H13NO3S2/c1-11-4-2-3-5-14(11)19-16(20)15(24-18(19)23)10-12-6-8-13(9-7-12)17(21)22/h2-10H,1H3,(H,21,22)/p-1/b15-10+. The van der Waals surface area contributed by atoms with E-state index in [0.717, 1.165) is 16.8 Å². The van der Waals surface area contributed by atoms with Crippen molar-refractivity contribution < 1.29 is 14.7 Å². The average molecular weight is 354 g/mol. The minimum atomic E-state index is -1.23. The molecule has 0 atom stereocenters. The van der Waals surface area contributed by atoms with E-state index in [1.165, 1.54) is 28.8 Å². The third-order valence-electron chi connectivity index (χ3n) is 3.59. The van der Waals surface area contributed by atoms with Crippen molar-refractivity contribution in [2.24, 2.45) is 0 Å². The van der Waals surface area contributed by atoms with Crippen molar-refractivity contribution in [3.8, 4) is 0 Å². The quantitative estimate of drug-likeness (QED) is 0.627. The summed E-state index contributed by atoms with van der Waals surface area (Å²) in [5.74, 6) is -1.41. The molecule has 4 nitrogen and oxygen atoms in total. The van der Waals surface area contributed by atoms with Gasteiger partial charge in [-0.2, -0.15) is 0 Å².